The molecule has 1 N–H and O–H groups in total. The van der Waals surface area contributed by atoms with E-state index in [-0.39, 0.29) is 30.0 Å². The van der Waals surface area contributed by atoms with E-state index in [0.717, 1.165) is 0 Å². The molecule has 1 aliphatic heterocycles. The number of hydrogen-bond donors (Lipinski definition) is 1. The number of nitro benzene ring substituents is 1. The lowest BCUT2D eigenvalue weighted by molar-refractivity contribution is -0.384. The number of rotatable bonds is 8. The van der Waals surface area contributed by atoms with Crippen LogP contribution in [0.5, 0.6) is 0 Å². The van der Waals surface area contributed by atoms with Gasteiger partial charge in [0.1, 0.15) is 13.2 Å². The Morgan fingerprint density at radius 2 is 1.57 bits per heavy atom. The first kappa shape index (κ1) is 25.1. The van der Waals surface area contributed by atoms with E-state index in [9.17, 15) is 24.5 Å². The monoisotopic (exact) mass is 481 g/mol. The molecule has 0 spiro atoms. The van der Waals surface area contributed by atoms with Gasteiger partial charge in [0.05, 0.1) is 34.7 Å². The maximum absolute atomic E-state index is 13.1. The molecule has 2 aromatic rings. The van der Waals surface area contributed by atoms with Crippen LogP contribution in [-0.2, 0) is 23.8 Å². The van der Waals surface area contributed by atoms with Crippen molar-refractivity contribution in [3.8, 4) is 0 Å². The van der Waals surface area contributed by atoms with Crippen molar-refractivity contribution in [3.05, 3.63) is 92.6 Å². The van der Waals surface area contributed by atoms with Crippen molar-refractivity contribution < 1.29 is 33.5 Å². The lowest BCUT2D eigenvalue weighted by Gasteiger charge is -2.30. The predicted octanol–water partition coefficient (Wildman–Crippen LogP) is 2.80. The van der Waals surface area contributed by atoms with Crippen molar-refractivity contribution in [2.75, 3.05) is 20.3 Å². The Bertz CT molecular complexity index is 1220. The van der Waals surface area contributed by atoms with Crippen molar-refractivity contribution in [2.24, 2.45) is 0 Å². The molecule has 1 aromatic carbocycles. The smallest absolute Gasteiger partial charge is 0.338 e. The van der Waals surface area contributed by atoms with Crippen molar-refractivity contribution in [1.82, 2.24) is 10.3 Å². The molecule has 0 amide bonds. The average molecular weight is 481 g/mol. The maximum Gasteiger partial charge on any atom is 0.338 e. The first-order valence-electron chi connectivity index (χ1n) is 10.5. The Labute approximate surface area is 200 Å². The summed E-state index contributed by atoms with van der Waals surface area (Å²) in [5.41, 5.74) is 1.49. The van der Waals surface area contributed by atoms with Crippen LogP contribution < -0.4 is 5.32 Å². The predicted molar refractivity (Wildman–Crippen MR) is 122 cm³/mol. The zero-order valence-corrected chi connectivity index (χ0v) is 19.3. The van der Waals surface area contributed by atoms with E-state index in [4.69, 9.17) is 14.2 Å². The number of hydrogen-bond acceptors (Lipinski definition) is 10. The summed E-state index contributed by atoms with van der Waals surface area (Å²) >= 11 is 0. The fourth-order valence-corrected chi connectivity index (χ4v) is 3.71. The second kappa shape index (κ2) is 11.1. The number of nitro groups is 1. The van der Waals surface area contributed by atoms with E-state index in [1.54, 1.807) is 19.9 Å². The molecule has 2 heterocycles. The van der Waals surface area contributed by atoms with Gasteiger partial charge in [-0.05, 0) is 31.5 Å². The maximum atomic E-state index is 13.1. The summed E-state index contributed by atoms with van der Waals surface area (Å²) in [5.74, 6) is -3.05. The number of benzene rings is 1. The molecule has 11 heteroatoms. The Kier molecular flexibility index (Phi) is 7.92. The lowest BCUT2D eigenvalue weighted by atomic mass is 9.80. The molecule has 1 atom stereocenters. The molecule has 1 aromatic heterocycles. The molecule has 11 nitrogen and oxygen atoms in total. The summed E-state index contributed by atoms with van der Waals surface area (Å²) in [6.07, 6.45) is 2.90. The number of ether oxygens (including phenoxy) is 3. The molecule has 1 unspecified atom stereocenters. The number of aromatic nitrogens is 1. The summed E-state index contributed by atoms with van der Waals surface area (Å²) in [5, 5.41) is 14.3. The Hall–Kier alpha value is -4.54. The third-order valence-corrected chi connectivity index (χ3v) is 5.27. The van der Waals surface area contributed by atoms with Crippen molar-refractivity contribution >= 4 is 23.6 Å². The van der Waals surface area contributed by atoms with Gasteiger partial charge in [0.15, 0.2) is 0 Å². The normalized spacial score (nSPS) is 15.2. The van der Waals surface area contributed by atoms with E-state index in [1.165, 1.54) is 49.8 Å². The second-order valence-electron chi connectivity index (χ2n) is 7.49. The van der Waals surface area contributed by atoms with Crippen molar-refractivity contribution in [3.63, 3.8) is 0 Å². The second-order valence-corrected chi connectivity index (χ2v) is 7.49. The minimum atomic E-state index is -0.976. The minimum absolute atomic E-state index is 0.0805. The van der Waals surface area contributed by atoms with Crippen molar-refractivity contribution in [2.45, 2.75) is 19.8 Å². The molecular formula is C24H23N3O8. The molecule has 182 valence electrons. The molecule has 35 heavy (non-hydrogen) atoms. The quantitative estimate of drug-likeness (QED) is 0.196. The van der Waals surface area contributed by atoms with Crippen LogP contribution >= 0.6 is 0 Å². The standard InChI is InChI=1S/C24H23N3O8/c1-14-19(23(29)33-3)21(17-5-4-6-18(13-17)27(31)32)20(15(2)26-14)24(30)35-12-11-34-22(28)16-7-9-25-10-8-16/h4-10,13,21,26H,11-12H2,1-3H3. The van der Waals surface area contributed by atoms with Gasteiger partial charge in [-0.25, -0.2) is 14.4 Å². The number of carbonyl (C=O) groups excluding carboxylic acids is 3. The van der Waals surface area contributed by atoms with Crippen LogP contribution in [0.2, 0.25) is 0 Å². The fraction of sp³-hybridized carbons (Fsp3) is 0.250. The molecular weight excluding hydrogens is 458 g/mol. The van der Waals surface area contributed by atoms with Gasteiger partial charge in [-0.15, -0.1) is 0 Å². The highest BCUT2D eigenvalue weighted by molar-refractivity contribution is 6.00. The van der Waals surface area contributed by atoms with Crippen LogP contribution in [0.1, 0.15) is 35.7 Å². The SMILES string of the molecule is COC(=O)C1=C(C)NC(C)=C(C(=O)OCCOC(=O)c2ccncc2)C1c1cccc([N+](=O)[O-])c1. The van der Waals surface area contributed by atoms with Crippen molar-refractivity contribution in [1.29, 1.82) is 0 Å². The zero-order chi connectivity index (χ0) is 25.5. The summed E-state index contributed by atoms with van der Waals surface area (Å²) in [6, 6.07) is 8.63. The zero-order valence-electron chi connectivity index (χ0n) is 19.3. The largest absolute Gasteiger partial charge is 0.466 e. The Morgan fingerprint density at radius 3 is 2.17 bits per heavy atom. The van der Waals surface area contributed by atoms with Crippen LogP contribution in [0, 0.1) is 10.1 Å². The molecule has 0 radical (unpaired) electrons. The number of methoxy groups -OCH3 is 1. The van der Waals surface area contributed by atoms with Crippen LogP contribution in [0.4, 0.5) is 5.69 Å². The summed E-state index contributed by atoms with van der Waals surface area (Å²) in [6.45, 7) is 2.82. The van der Waals surface area contributed by atoms with Crippen LogP contribution in [-0.4, -0.2) is 48.1 Å². The number of non-ortho nitro benzene ring substituents is 1. The summed E-state index contributed by atoms with van der Waals surface area (Å²) in [7, 11) is 1.20. The van der Waals surface area contributed by atoms with Crippen LogP contribution in [0.15, 0.2) is 71.3 Å². The Balaban J connectivity index is 1.83. The van der Waals surface area contributed by atoms with Gasteiger partial charge in [-0.3, -0.25) is 15.1 Å². The topological polar surface area (TPSA) is 147 Å². The van der Waals surface area contributed by atoms with E-state index in [2.05, 4.69) is 10.3 Å². The molecule has 3 rings (SSSR count). The molecule has 0 fully saturated rings. The summed E-state index contributed by atoms with van der Waals surface area (Å²) in [4.78, 5) is 52.4. The number of nitrogens with one attached hydrogen (secondary N) is 1. The number of dihydropyridines is 1. The Morgan fingerprint density at radius 1 is 0.971 bits per heavy atom. The third kappa shape index (κ3) is 5.69. The number of allylic oxidation sites excluding steroid dienone is 2. The lowest BCUT2D eigenvalue weighted by Crippen LogP contribution is -2.32. The molecule has 0 saturated carbocycles. The third-order valence-electron chi connectivity index (χ3n) is 5.27. The van der Waals surface area contributed by atoms with Gasteiger partial charge in [0.25, 0.3) is 5.69 Å². The van der Waals surface area contributed by atoms with Gasteiger partial charge < -0.3 is 19.5 Å². The molecule has 0 aliphatic carbocycles. The highest BCUT2D eigenvalue weighted by Crippen LogP contribution is 2.40. The van der Waals surface area contributed by atoms with Gasteiger partial charge in [0.2, 0.25) is 0 Å². The first-order valence-corrected chi connectivity index (χ1v) is 10.5. The first-order chi connectivity index (χ1) is 16.7. The average Bonchev–Trinajstić information content (AvgIpc) is 2.86. The van der Waals surface area contributed by atoms with Crippen LogP contribution in [0.25, 0.3) is 0 Å². The van der Waals surface area contributed by atoms with E-state index >= 15 is 0 Å². The molecule has 0 bridgehead atoms. The van der Waals surface area contributed by atoms with Gasteiger partial charge >= 0.3 is 17.9 Å². The van der Waals surface area contributed by atoms with Gasteiger partial charge in [0, 0.05) is 35.9 Å². The number of esters is 3. The highest BCUT2D eigenvalue weighted by atomic mass is 16.6. The van der Waals surface area contributed by atoms with E-state index in [0.29, 0.717) is 22.5 Å². The fourth-order valence-electron chi connectivity index (χ4n) is 3.71. The molecule has 1 aliphatic rings. The van der Waals surface area contributed by atoms with E-state index < -0.39 is 28.7 Å². The van der Waals surface area contributed by atoms with E-state index in [1.807, 2.05) is 0 Å². The summed E-state index contributed by atoms with van der Waals surface area (Å²) < 4.78 is 15.3. The van der Waals surface area contributed by atoms with Gasteiger partial charge in [-0.2, -0.15) is 0 Å². The highest BCUT2D eigenvalue weighted by Gasteiger charge is 2.38. The number of nitrogens with zero attached hydrogens (tertiary/aromatic N) is 2. The van der Waals surface area contributed by atoms with Crippen LogP contribution in [0.3, 0.4) is 0 Å². The number of carbonyl (C=O) groups is 3. The van der Waals surface area contributed by atoms with Gasteiger partial charge in [-0.1, -0.05) is 12.1 Å². The minimum Gasteiger partial charge on any atom is -0.466 e. The number of pyridine rings is 1. The molecule has 0 saturated heterocycles.